The Morgan fingerprint density at radius 2 is 1.78 bits per heavy atom. The van der Waals surface area contributed by atoms with Crippen molar-refractivity contribution in [2.75, 3.05) is 5.32 Å². The van der Waals surface area contributed by atoms with Gasteiger partial charge in [-0.2, -0.15) is 0 Å². The minimum Gasteiger partial charge on any atom is -0.480 e. The number of fused-ring (bicyclic) bond motifs is 1. The van der Waals surface area contributed by atoms with Crippen LogP contribution >= 0.6 is 0 Å². The van der Waals surface area contributed by atoms with Gasteiger partial charge in [0.2, 0.25) is 0 Å². The van der Waals surface area contributed by atoms with Crippen LogP contribution < -0.4 is 5.32 Å². The number of nitrogens with one attached hydrogen (secondary N) is 1. The lowest BCUT2D eigenvalue weighted by molar-refractivity contribution is -0.141. The molecule has 1 heterocycles. The monoisotopic (exact) mass is 245 g/mol. The number of nitrogens with zero attached hydrogens (tertiary/aromatic N) is 2. The lowest BCUT2D eigenvalue weighted by Gasteiger charge is -2.22. The van der Waals surface area contributed by atoms with E-state index in [1.54, 1.807) is 20.8 Å². The van der Waals surface area contributed by atoms with Gasteiger partial charge in [-0.25, -0.2) is 14.8 Å². The molecule has 1 aromatic heterocycles. The van der Waals surface area contributed by atoms with Gasteiger partial charge in [0.1, 0.15) is 11.4 Å². The Morgan fingerprint density at radius 3 is 2.33 bits per heavy atom. The van der Waals surface area contributed by atoms with Gasteiger partial charge in [-0.3, -0.25) is 0 Å². The molecule has 0 amide bonds. The molecule has 0 radical (unpaired) electrons. The third-order valence-electron chi connectivity index (χ3n) is 2.71. The highest BCUT2D eigenvalue weighted by Gasteiger charge is 2.28. The summed E-state index contributed by atoms with van der Waals surface area (Å²) in [4.78, 5) is 19.9. The minimum atomic E-state index is -1.08. The van der Waals surface area contributed by atoms with Gasteiger partial charge >= 0.3 is 5.97 Å². The molecule has 2 rings (SSSR count). The molecule has 0 aliphatic heterocycles. The zero-order chi connectivity index (χ0) is 13.3. The van der Waals surface area contributed by atoms with Gasteiger partial charge < -0.3 is 10.4 Å². The summed E-state index contributed by atoms with van der Waals surface area (Å²) in [5.74, 6) is -0.432. The number of benzene rings is 1. The smallest absolute Gasteiger partial charge is 0.328 e. The second-order valence-electron chi connectivity index (χ2n) is 4.70. The quantitative estimate of drug-likeness (QED) is 0.867. The Bertz CT molecular complexity index is 608. The molecule has 5 nitrogen and oxygen atoms in total. The summed E-state index contributed by atoms with van der Waals surface area (Å²) in [7, 11) is 0. The van der Waals surface area contributed by atoms with Crippen LogP contribution in [0, 0.1) is 6.92 Å². The third-order valence-corrected chi connectivity index (χ3v) is 2.71. The first-order valence-electron chi connectivity index (χ1n) is 5.65. The predicted molar refractivity (Wildman–Crippen MR) is 69.6 cm³/mol. The number of hydrogen-bond acceptors (Lipinski definition) is 4. The molecule has 0 saturated carbocycles. The van der Waals surface area contributed by atoms with Crippen LogP contribution in [0.1, 0.15) is 19.5 Å². The van der Waals surface area contributed by atoms with Crippen LogP contribution in [0.25, 0.3) is 11.0 Å². The van der Waals surface area contributed by atoms with E-state index < -0.39 is 11.5 Å². The van der Waals surface area contributed by atoms with E-state index in [-0.39, 0.29) is 0 Å². The van der Waals surface area contributed by atoms with Crippen molar-refractivity contribution in [3.05, 3.63) is 30.0 Å². The van der Waals surface area contributed by atoms with E-state index >= 15 is 0 Å². The number of hydrogen-bond donors (Lipinski definition) is 2. The van der Waals surface area contributed by atoms with Gasteiger partial charge in [0.05, 0.1) is 16.7 Å². The molecule has 0 atom stereocenters. The molecule has 0 aliphatic carbocycles. The summed E-state index contributed by atoms with van der Waals surface area (Å²) >= 11 is 0. The fourth-order valence-electron chi connectivity index (χ4n) is 1.56. The number of para-hydroxylation sites is 2. The number of carbonyl (C=O) groups is 1. The van der Waals surface area contributed by atoms with Gasteiger partial charge in [0.25, 0.3) is 0 Å². The van der Waals surface area contributed by atoms with Crippen molar-refractivity contribution >= 4 is 22.8 Å². The maximum atomic E-state index is 11.1. The largest absolute Gasteiger partial charge is 0.480 e. The van der Waals surface area contributed by atoms with Gasteiger partial charge in [-0.05, 0) is 32.9 Å². The normalized spacial score (nSPS) is 11.5. The highest BCUT2D eigenvalue weighted by atomic mass is 16.4. The Balaban J connectivity index is 2.45. The molecule has 0 saturated heterocycles. The number of anilines is 1. The number of carboxylic acid groups (broad SMARTS) is 1. The molecular formula is C13H15N3O2. The summed E-state index contributed by atoms with van der Waals surface area (Å²) in [5, 5.41) is 12.0. The molecule has 0 fully saturated rings. The molecule has 0 bridgehead atoms. The highest BCUT2D eigenvalue weighted by molar-refractivity contribution is 5.82. The maximum absolute atomic E-state index is 11.1. The molecular weight excluding hydrogens is 230 g/mol. The summed E-state index contributed by atoms with van der Waals surface area (Å²) in [5.41, 5.74) is 1.14. The third kappa shape index (κ3) is 2.25. The second kappa shape index (κ2) is 4.25. The van der Waals surface area contributed by atoms with E-state index in [2.05, 4.69) is 15.3 Å². The van der Waals surface area contributed by atoms with Crippen LogP contribution in [-0.2, 0) is 4.79 Å². The fourth-order valence-corrected chi connectivity index (χ4v) is 1.56. The maximum Gasteiger partial charge on any atom is 0.328 e. The molecule has 5 heteroatoms. The number of rotatable bonds is 3. The zero-order valence-electron chi connectivity index (χ0n) is 10.6. The first kappa shape index (κ1) is 12.3. The molecule has 94 valence electrons. The highest BCUT2D eigenvalue weighted by Crippen LogP contribution is 2.19. The van der Waals surface area contributed by atoms with Gasteiger partial charge in [0, 0.05) is 0 Å². The Morgan fingerprint density at radius 1 is 1.22 bits per heavy atom. The molecule has 0 unspecified atom stereocenters. The molecule has 18 heavy (non-hydrogen) atoms. The van der Waals surface area contributed by atoms with Crippen LogP contribution in [0.15, 0.2) is 24.3 Å². The number of carboxylic acids is 1. The SMILES string of the molecule is Cc1nc2ccccc2nc1NC(C)(C)C(=O)O. The van der Waals surface area contributed by atoms with Crippen molar-refractivity contribution in [2.24, 2.45) is 0 Å². The average Bonchev–Trinajstić information content (AvgIpc) is 2.29. The fraction of sp³-hybridized carbons (Fsp3) is 0.308. The van der Waals surface area contributed by atoms with Crippen LogP contribution in [0.2, 0.25) is 0 Å². The molecule has 0 spiro atoms. The number of aliphatic carboxylic acids is 1. The summed E-state index contributed by atoms with van der Waals surface area (Å²) in [6.07, 6.45) is 0. The van der Waals surface area contributed by atoms with Crippen LogP contribution in [0.5, 0.6) is 0 Å². The lowest BCUT2D eigenvalue weighted by atomic mass is 10.1. The van der Waals surface area contributed by atoms with E-state index in [9.17, 15) is 4.79 Å². The van der Waals surface area contributed by atoms with Crippen LogP contribution in [-0.4, -0.2) is 26.6 Å². The molecule has 0 aliphatic rings. The number of aryl methyl sites for hydroxylation is 1. The van der Waals surface area contributed by atoms with Crippen molar-refractivity contribution in [3.63, 3.8) is 0 Å². The lowest BCUT2D eigenvalue weighted by Crippen LogP contribution is -2.40. The van der Waals surface area contributed by atoms with Gasteiger partial charge in [-0.1, -0.05) is 12.1 Å². The van der Waals surface area contributed by atoms with E-state index in [0.29, 0.717) is 11.5 Å². The van der Waals surface area contributed by atoms with E-state index in [1.165, 1.54) is 0 Å². The van der Waals surface area contributed by atoms with Crippen molar-refractivity contribution in [2.45, 2.75) is 26.3 Å². The van der Waals surface area contributed by atoms with Crippen molar-refractivity contribution in [1.82, 2.24) is 9.97 Å². The molecule has 2 aromatic rings. The van der Waals surface area contributed by atoms with E-state index in [1.807, 2.05) is 24.3 Å². The van der Waals surface area contributed by atoms with E-state index in [4.69, 9.17) is 5.11 Å². The van der Waals surface area contributed by atoms with Gasteiger partial charge in [-0.15, -0.1) is 0 Å². The summed E-state index contributed by atoms with van der Waals surface area (Å²) in [6, 6.07) is 7.49. The van der Waals surface area contributed by atoms with Crippen molar-refractivity contribution in [3.8, 4) is 0 Å². The molecule has 1 aromatic carbocycles. The standard InChI is InChI=1S/C13H15N3O2/c1-8-11(16-13(2,3)12(17)18)15-10-7-5-4-6-9(10)14-8/h4-7H,1-3H3,(H,15,16)(H,17,18). The first-order valence-corrected chi connectivity index (χ1v) is 5.65. The van der Waals surface area contributed by atoms with Crippen LogP contribution in [0.3, 0.4) is 0 Å². The topological polar surface area (TPSA) is 75.1 Å². The zero-order valence-corrected chi connectivity index (χ0v) is 10.6. The predicted octanol–water partition coefficient (Wildman–Crippen LogP) is 2.21. The van der Waals surface area contributed by atoms with Crippen LogP contribution in [0.4, 0.5) is 5.82 Å². The summed E-state index contributed by atoms with van der Waals surface area (Å²) < 4.78 is 0. The van der Waals surface area contributed by atoms with Crippen molar-refractivity contribution in [1.29, 1.82) is 0 Å². The Labute approximate surface area is 105 Å². The Hall–Kier alpha value is -2.17. The number of aromatic nitrogens is 2. The van der Waals surface area contributed by atoms with Crippen molar-refractivity contribution < 1.29 is 9.90 Å². The molecule has 2 N–H and O–H groups in total. The van der Waals surface area contributed by atoms with Gasteiger partial charge in [0.15, 0.2) is 0 Å². The summed E-state index contributed by atoms with van der Waals surface area (Å²) in [6.45, 7) is 4.98. The minimum absolute atomic E-state index is 0.501. The van der Waals surface area contributed by atoms with E-state index in [0.717, 1.165) is 11.0 Å². The first-order chi connectivity index (χ1) is 8.40. The Kier molecular flexibility index (Phi) is 2.90. The average molecular weight is 245 g/mol. The second-order valence-corrected chi connectivity index (χ2v) is 4.70.